The topological polar surface area (TPSA) is 81.8 Å². The van der Waals surface area contributed by atoms with Crippen LogP contribution in [0, 0.1) is 5.82 Å². The van der Waals surface area contributed by atoms with Crippen molar-refractivity contribution in [2.75, 3.05) is 24.5 Å². The normalized spacial score (nSPS) is 23.9. The number of hydrogen-bond donors (Lipinski definition) is 2. The fourth-order valence-corrected chi connectivity index (χ4v) is 5.91. The summed E-state index contributed by atoms with van der Waals surface area (Å²) in [6, 6.07) is 14.9. The van der Waals surface area contributed by atoms with E-state index in [-0.39, 0.29) is 18.0 Å². The zero-order valence-corrected chi connectivity index (χ0v) is 20.8. The minimum atomic E-state index is -0.620. The lowest BCUT2D eigenvalue weighted by molar-refractivity contribution is -0.0599. The quantitative estimate of drug-likeness (QED) is 0.425. The molecule has 2 fully saturated rings. The van der Waals surface area contributed by atoms with E-state index in [9.17, 15) is 9.50 Å². The number of likely N-dealkylation sites (tertiary alicyclic amines) is 1. The second-order valence-electron chi connectivity index (χ2n) is 10.1. The molecular weight excluding hydrogens is 481 g/mol. The summed E-state index contributed by atoms with van der Waals surface area (Å²) >= 11 is 0. The number of hydrogen-bond acceptors (Lipinski definition) is 7. The molecule has 2 unspecified atom stereocenters. The summed E-state index contributed by atoms with van der Waals surface area (Å²) in [5.41, 5.74) is 3.86. The summed E-state index contributed by atoms with van der Waals surface area (Å²) in [5.74, 6) is 0.618. The van der Waals surface area contributed by atoms with Gasteiger partial charge in [-0.25, -0.2) is 13.9 Å². The number of rotatable bonds is 5. The van der Waals surface area contributed by atoms with E-state index in [4.69, 9.17) is 5.10 Å². The molecule has 0 radical (unpaired) electrons. The number of fused-ring (bicyclic) bond motifs is 1. The van der Waals surface area contributed by atoms with Crippen LogP contribution in [0.3, 0.4) is 0 Å². The molecule has 3 aliphatic heterocycles. The highest BCUT2D eigenvalue weighted by atomic mass is 19.1. The number of β-amino-alcohol motifs (C(OH)–C–C–N with tert-alkyl or cyclic N) is 1. The molecule has 192 valence electrons. The Kier molecular flexibility index (Phi) is 5.49. The van der Waals surface area contributed by atoms with Crippen molar-refractivity contribution >= 4 is 17.2 Å². The van der Waals surface area contributed by atoms with Crippen LogP contribution in [-0.4, -0.2) is 55.3 Å². The number of allylic oxidation sites excluding steroid dienone is 2. The van der Waals surface area contributed by atoms with Crippen LogP contribution in [0.4, 0.5) is 10.2 Å². The lowest BCUT2D eigenvalue weighted by Gasteiger charge is -2.51. The average molecular weight is 510 g/mol. The maximum Gasteiger partial charge on any atom is 0.154 e. The number of aromatic nitrogens is 4. The molecule has 7 rings (SSSR count). The van der Waals surface area contributed by atoms with E-state index >= 15 is 0 Å². The Hall–Kier alpha value is -4.08. The number of nitrogens with zero attached hydrogens (tertiary/aromatic N) is 6. The minimum Gasteiger partial charge on any atom is -0.390 e. The van der Waals surface area contributed by atoms with E-state index in [1.54, 1.807) is 24.5 Å². The zero-order chi connectivity index (χ0) is 25.7. The minimum absolute atomic E-state index is 0.0785. The monoisotopic (exact) mass is 509 g/mol. The van der Waals surface area contributed by atoms with Gasteiger partial charge < -0.3 is 15.3 Å². The smallest absolute Gasteiger partial charge is 0.154 e. The molecule has 8 nitrogen and oxygen atoms in total. The molecule has 0 aliphatic carbocycles. The number of pyridine rings is 1. The Balaban J connectivity index is 1.25. The van der Waals surface area contributed by atoms with Gasteiger partial charge in [0.15, 0.2) is 5.65 Å². The number of anilines is 1. The van der Waals surface area contributed by atoms with Gasteiger partial charge in [0.25, 0.3) is 0 Å². The molecule has 1 aromatic carbocycles. The Morgan fingerprint density at radius 2 is 1.95 bits per heavy atom. The molecule has 9 heteroatoms. The summed E-state index contributed by atoms with van der Waals surface area (Å²) in [6.07, 6.45) is 13.2. The number of imidazole rings is 1. The average Bonchev–Trinajstić information content (AvgIpc) is 3.59. The van der Waals surface area contributed by atoms with Crippen LogP contribution < -0.4 is 10.2 Å². The molecule has 2 N–H and O–H groups in total. The summed E-state index contributed by atoms with van der Waals surface area (Å²) in [6.45, 7) is 1.99. The second-order valence-corrected chi connectivity index (χ2v) is 10.1. The van der Waals surface area contributed by atoms with E-state index < -0.39 is 5.66 Å². The molecule has 4 aromatic rings. The molecule has 0 spiro atoms. The second kappa shape index (κ2) is 9.04. The number of aliphatic hydroxyl groups is 1. The predicted octanol–water partition coefficient (Wildman–Crippen LogP) is 3.63. The summed E-state index contributed by atoms with van der Waals surface area (Å²) in [4.78, 5) is 13.3. The fraction of sp³-hybridized carbons (Fsp3) is 0.276. The molecule has 2 saturated heterocycles. The van der Waals surface area contributed by atoms with Gasteiger partial charge in [0.05, 0.1) is 24.0 Å². The maximum atomic E-state index is 14.0. The fourth-order valence-electron chi connectivity index (χ4n) is 5.91. The van der Waals surface area contributed by atoms with Crippen LogP contribution in [0.2, 0.25) is 0 Å². The van der Waals surface area contributed by atoms with Gasteiger partial charge in [-0.15, -0.1) is 5.10 Å². The number of benzene rings is 1. The van der Waals surface area contributed by atoms with Crippen molar-refractivity contribution in [3.05, 3.63) is 108 Å². The van der Waals surface area contributed by atoms with Crippen LogP contribution in [0.15, 0.2) is 85.3 Å². The number of nitrogens with one attached hydrogen (secondary N) is 1. The van der Waals surface area contributed by atoms with E-state index in [0.717, 1.165) is 53.4 Å². The molecule has 3 aliphatic rings. The summed E-state index contributed by atoms with van der Waals surface area (Å²) < 4.78 is 15.9. The Morgan fingerprint density at radius 3 is 2.76 bits per heavy atom. The van der Waals surface area contributed by atoms with E-state index in [1.165, 1.54) is 6.07 Å². The maximum absolute atomic E-state index is 14.0. The van der Waals surface area contributed by atoms with Gasteiger partial charge in [-0.1, -0.05) is 18.2 Å². The Morgan fingerprint density at radius 1 is 1.08 bits per heavy atom. The summed E-state index contributed by atoms with van der Waals surface area (Å²) in [7, 11) is 0. The highest BCUT2D eigenvalue weighted by molar-refractivity contribution is 5.68. The van der Waals surface area contributed by atoms with Gasteiger partial charge in [0, 0.05) is 32.0 Å². The number of aliphatic hydroxyl groups excluding tert-OH is 1. The first-order valence-corrected chi connectivity index (χ1v) is 13.0. The predicted molar refractivity (Wildman–Crippen MR) is 142 cm³/mol. The van der Waals surface area contributed by atoms with E-state index in [1.807, 2.05) is 53.2 Å². The van der Waals surface area contributed by atoms with Crippen molar-refractivity contribution in [3.63, 3.8) is 0 Å². The van der Waals surface area contributed by atoms with Crippen LogP contribution in [0.25, 0.3) is 11.3 Å². The molecule has 0 bridgehead atoms. The third-order valence-corrected chi connectivity index (χ3v) is 7.81. The van der Waals surface area contributed by atoms with Gasteiger partial charge in [-0.3, -0.25) is 9.88 Å². The van der Waals surface area contributed by atoms with Crippen LogP contribution in [-0.2, 0) is 5.66 Å². The van der Waals surface area contributed by atoms with Crippen LogP contribution in [0.1, 0.15) is 35.7 Å². The van der Waals surface area contributed by atoms with Gasteiger partial charge >= 0.3 is 0 Å². The Labute approximate surface area is 219 Å². The zero-order valence-electron chi connectivity index (χ0n) is 20.8. The lowest BCUT2D eigenvalue weighted by atomic mass is 9.91. The van der Waals surface area contributed by atoms with Crippen molar-refractivity contribution < 1.29 is 9.50 Å². The van der Waals surface area contributed by atoms with Crippen molar-refractivity contribution in [2.24, 2.45) is 0 Å². The summed E-state index contributed by atoms with van der Waals surface area (Å²) in [5, 5.41) is 18.8. The van der Waals surface area contributed by atoms with E-state index in [0.29, 0.717) is 13.1 Å². The van der Waals surface area contributed by atoms with Crippen molar-refractivity contribution in [1.29, 1.82) is 0 Å². The van der Waals surface area contributed by atoms with Crippen LogP contribution >= 0.6 is 0 Å². The first kappa shape index (κ1) is 23.1. The van der Waals surface area contributed by atoms with Gasteiger partial charge in [0.1, 0.15) is 23.0 Å². The molecular formula is C29H28FN7O. The highest BCUT2D eigenvalue weighted by Gasteiger charge is 2.44. The van der Waals surface area contributed by atoms with E-state index in [2.05, 4.69) is 31.2 Å². The standard InChI is InChI=1S/C29H28FN7O/c30-22-5-1-4-20(16-22)25-7-3-15-36(25)28-9-8-27-32-17-26(37(27)34-28)24-6-2-12-29(33-24,35-18-23(38)19-35)21-10-13-31-14-11-21/h1-2,4-6,8-14,16-17,23,25,33,38H,3,7,15,18-19H2. The number of dihydropyridines is 1. The van der Waals surface area contributed by atoms with Crippen LogP contribution in [0.5, 0.6) is 0 Å². The van der Waals surface area contributed by atoms with Gasteiger partial charge in [0.2, 0.25) is 0 Å². The molecule has 0 amide bonds. The lowest BCUT2D eigenvalue weighted by Crippen LogP contribution is -2.65. The SMILES string of the molecule is OC1CN(C2(c3ccncc3)C=CC=C(c3cnc4ccc(N5CCCC5c5cccc(F)c5)nn34)N2)C1. The first-order chi connectivity index (χ1) is 18.6. The molecule has 3 aromatic heterocycles. The van der Waals surface area contributed by atoms with Crippen molar-refractivity contribution in [2.45, 2.75) is 30.7 Å². The molecule has 2 atom stereocenters. The number of halogens is 1. The Bertz CT molecular complexity index is 1550. The van der Waals surface area contributed by atoms with Gasteiger partial charge in [-0.2, -0.15) is 0 Å². The molecule has 0 saturated carbocycles. The third kappa shape index (κ3) is 3.77. The third-order valence-electron chi connectivity index (χ3n) is 7.81. The molecule has 38 heavy (non-hydrogen) atoms. The van der Waals surface area contributed by atoms with Gasteiger partial charge in [-0.05, 0) is 72.5 Å². The molecule has 6 heterocycles. The largest absolute Gasteiger partial charge is 0.390 e. The van der Waals surface area contributed by atoms with Crippen molar-refractivity contribution in [1.82, 2.24) is 29.8 Å². The highest BCUT2D eigenvalue weighted by Crippen LogP contribution is 2.38. The van der Waals surface area contributed by atoms with Crippen molar-refractivity contribution in [3.8, 4) is 0 Å². The first-order valence-electron chi connectivity index (χ1n) is 13.0.